The molecule has 1 fully saturated rings. The second-order valence-electron chi connectivity index (χ2n) is 5.91. The van der Waals surface area contributed by atoms with Crippen LogP contribution in [0.3, 0.4) is 0 Å². The summed E-state index contributed by atoms with van der Waals surface area (Å²) in [6, 6.07) is 5.76. The average Bonchev–Trinajstić information content (AvgIpc) is 3.19. The molecule has 0 spiro atoms. The molecule has 25 heavy (non-hydrogen) atoms. The number of aromatic nitrogens is 3. The van der Waals surface area contributed by atoms with Crippen LogP contribution in [0.2, 0.25) is 0 Å². The molecule has 8 heteroatoms. The first-order valence-corrected chi connectivity index (χ1v) is 8.60. The molecular formula is C17H25N7O. The third-order valence-corrected chi connectivity index (χ3v) is 4.04. The Morgan fingerprint density at radius 1 is 1.32 bits per heavy atom. The van der Waals surface area contributed by atoms with Crippen LogP contribution in [0.5, 0.6) is 0 Å². The molecule has 0 unspecified atom stereocenters. The van der Waals surface area contributed by atoms with Gasteiger partial charge < -0.3 is 15.8 Å². The van der Waals surface area contributed by atoms with Crippen molar-refractivity contribution in [3.8, 4) is 5.82 Å². The minimum Gasteiger partial charge on any atom is -0.379 e. The number of nitrogens with two attached hydrogens (primary N) is 1. The maximum atomic E-state index is 5.95. The van der Waals surface area contributed by atoms with Crippen LogP contribution in [0.15, 0.2) is 41.8 Å². The number of nitrogens with zero attached hydrogens (tertiary/aromatic N) is 5. The minimum absolute atomic E-state index is 0.472. The summed E-state index contributed by atoms with van der Waals surface area (Å²) in [5.41, 5.74) is 6.99. The number of rotatable bonds is 7. The number of aliphatic imine (C=N–C) groups is 1. The summed E-state index contributed by atoms with van der Waals surface area (Å²) in [6.45, 7) is 6.10. The molecule has 134 valence electrons. The first-order chi connectivity index (χ1) is 12.3. The summed E-state index contributed by atoms with van der Waals surface area (Å²) in [5.74, 6) is 1.24. The molecule has 3 N–H and O–H groups in total. The maximum Gasteiger partial charge on any atom is 0.188 e. The summed E-state index contributed by atoms with van der Waals surface area (Å²) in [5, 5.41) is 7.35. The van der Waals surface area contributed by atoms with E-state index in [-0.39, 0.29) is 0 Å². The molecule has 1 saturated heterocycles. The van der Waals surface area contributed by atoms with Crippen LogP contribution in [0.25, 0.3) is 5.82 Å². The molecule has 0 radical (unpaired) electrons. The normalized spacial score (nSPS) is 16.1. The second kappa shape index (κ2) is 9.14. The molecule has 0 saturated carbocycles. The molecule has 0 bridgehead atoms. The number of guanidine groups is 1. The molecule has 3 heterocycles. The second-order valence-corrected chi connectivity index (χ2v) is 5.91. The Morgan fingerprint density at radius 2 is 2.20 bits per heavy atom. The molecule has 0 amide bonds. The highest BCUT2D eigenvalue weighted by Crippen LogP contribution is 2.07. The fourth-order valence-corrected chi connectivity index (χ4v) is 2.66. The van der Waals surface area contributed by atoms with E-state index in [1.54, 1.807) is 17.1 Å². The van der Waals surface area contributed by atoms with Crippen molar-refractivity contribution in [3.05, 3.63) is 42.4 Å². The van der Waals surface area contributed by atoms with Gasteiger partial charge in [-0.2, -0.15) is 5.10 Å². The Balaban J connectivity index is 1.41. The summed E-state index contributed by atoms with van der Waals surface area (Å²) in [7, 11) is 0. The Bertz CT molecular complexity index is 665. The zero-order valence-corrected chi connectivity index (χ0v) is 14.3. The van der Waals surface area contributed by atoms with Crippen molar-refractivity contribution in [1.29, 1.82) is 0 Å². The van der Waals surface area contributed by atoms with Gasteiger partial charge in [0.15, 0.2) is 11.8 Å². The van der Waals surface area contributed by atoms with E-state index in [9.17, 15) is 0 Å². The fourth-order valence-electron chi connectivity index (χ4n) is 2.66. The summed E-state index contributed by atoms with van der Waals surface area (Å²) < 4.78 is 7.07. The van der Waals surface area contributed by atoms with Gasteiger partial charge in [0.25, 0.3) is 0 Å². The van der Waals surface area contributed by atoms with Crippen LogP contribution >= 0.6 is 0 Å². The van der Waals surface area contributed by atoms with Gasteiger partial charge in [-0.3, -0.25) is 4.90 Å². The standard InChI is InChI=1S/C17H25N7O/c18-17(20-4-1-7-23-9-11-25-12-10-23)21-14-15-3-6-19-16(13-15)24-8-2-5-22-24/h2-3,5-6,8,13H,1,4,7,9-12,14H2,(H3,18,20,21). The Kier molecular flexibility index (Phi) is 6.35. The zero-order chi connectivity index (χ0) is 17.3. The van der Waals surface area contributed by atoms with Gasteiger partial charge in [-0.25, -0.2) is 14.7 Å². The summed E-state index contributed by atoms with van der Waals surface area (Å²) >= 11 is 0. The quantitative estimate of drug-likeness (QED) is 0.429. The molecule has 2 aromatic rings. The van der Waals surface area contributed by atoms with Gasteiger partial charge in [0.1, 0.15) is 0 Å². The Labute approximate surface area is 147 Å². The van der Waals surface area contributed by atoms with Crippen LogP contribution < -0.4 is 11.1 Å². The van der Waals surface area contributed by atoms with Gasteiger partial charge >= 0.3 is 0 Å². The van der Waals surface area contributed by atoms with E-state index in [1.807, 2.05) is 24.4 Å². The Morgan fingerprint density at radius 3 is 3.00 bits per heavy atom. The topological polar surface area (TPSA) is 93.6 Å². The highest BCUT2D eigenvalue weighted by molar-refractivity contribution is 5.77. The van der Waals surface area contributed by atoms with Gasteiger partial charge in [-0.15, -0.1) is 0 Å². The fraction of sp³-hybridized carbons (Fsp3) is 0.471. The van der Waals surface area contributed by atoms with Crippen molar-refractivity contribution in [2.75, 3.05) is 39.4 Å². The first kappa shape index (κ1) is 17.4. The summed E-state index contributed by atoms with van der Waals surface area (Å²) in [4.78, 5) is 11.1. The highest BCUT2D eigenvalue weighted by Gasteiger charge is 2.09. The van der Waals surface area contributed by atoms with Crippen molar-refractivity contribution in [3.63, 3.8) is 0 Å². The number of morpholine rings is 1. The van der Waals surface area contributed by atoms with Crippen molar-refractivity contribution >= 4 is 5.96 Å². The highest BCUT2D eigenvalue weighted by atomic mass is 16.5. The number of hydrogen-bond donors (Lipinski definition) is 2. The molecule has 3 rings (SSSR count). The van der Waals surface area contributed by atoms with E-state index in [2.05, 4.69) is 25.3 Å². The average molecular weight is 343 g/mol. The molecule has 8 nitrogen and oxygen atoms in total. The number of pyridine rings is 1. The third-order valence-electron chi connectivity index (χ3n) is 4.04. The van der Waals surface area contributed by atoms with Gasteiger partial charge in [0.2, 0.25) is 0 Å². The van der Waals surface area contributed by atoms with Crippen molar-refractivity contribution < 1.29 is 4.74 Å². The number of ether oxygens (including phenoxy) is 1. The molecule has 0 aromatic carbocycles. The number of nitrogens with one attached hydrogen (secondary N) is 1. The van der Waals surface area contributed by atoms with E-state index >= 15 is 0 Å². The Hall–Kier alpha value is -2.45. The van der Waals surface area contributed by atoms with Gasteiger partial charge in [0.05, 0.1) is 19.8 Å². The predicted octanol–water partition coefficient (Wildman–Crippen LogP) is 0.394. The largest absolute Gasteiger partial charge is 0.379 e. The van der Waals surface area contributed by atoms with Crippen molar-refractivity contribution in [2.45, 2.75) is 13.0 Å². The van der Waals surface area contributed by atoms with Crippen molar-refractivity contribution in [2.24, 2.45) is 10.7 Å². The molecule has 0 atom stereocenters. The van der Waals surface area contributed by atoms with E-state index in [0.717, 1.165) is 57.2 Å². The minimum atomic E-state index is 0.472. The van der Waals surface area contributed by atoms with Crippen LogP contribution in [0.4, 0.5) is 0 Å². The molecule has 0 aliphatic carbocycles. The van der Waals surface area contributed by atoms with Gasteiger partial charge in [0, 0.05) is 38.2 Å². The van der Waals surface area contributed by atoms with Crippen LogP contribution in [-0.2, 0) is 11.3 Å². The third kappa shape index (κ3) is 5.54. The zero-order valence-electron chi connectivity index (χ0n) is 14.3. The van der Waals surface area contributed by atoms with E-state index in [1.165, 1.54) is 0 Å². The van der Waals surface area contributed by atoms with Gasteiger partial charge in [-0.1, -0.05) is 0 Å². The van der Waals surface area contributed by atoms with Crippen molar-refractivity contribution in [1.82, 2.24) is 25.0 Å². The molecular weight excluding hydrogens is 318 g/mol. The van der Waals surface area contributed by atoms with Crippen LogP contribution in [0, 0.1) is 0 Å². The molecule has 1 aliphatic heterocycles. The van der Waals surface area contributed by atoms with E-state index < -0.39 is 0 Å². The predicted molar refractivity (Wildman–Crippen MR) is 96.6 cm³/mol. The monoisotopic (exact) mass is 343 g/mol. The lowest BCUT2D eigenvalue weighted by molar-refractivity contribution is 0.0376. The van der Waals surface area contributed by atoms with E-state index in [0.29, 0.717) is 12.5 Å². The SMILES string of the molecule is NC(=NCc1ccnc(-n2cccn2)c1)NCCCN1CCOCC1. The maximum absolute atomic E-state index is 5.95. The lowest BCUT2D eigenvalue weighted by Crippen LogP contribution is -2.39. The molecule has 1 aliphatic rings. The number of hydrogen-bond acceptors (Lipinski definition) is 5. The van der Waals surface area contributed by atoms with Crippen LogP contribution in [0.1, 0.15) is 12.0 Å². The molecule has 2 aromatic heterocycles. The van der Waals surface area contributed by atoms with Gasteiger partial charge in [-0.05, 0) is 36.7 Å². The smallest absolute Gasteiger partial charge is 0.188 e. The lowest BCUT2D eigenvalue weighted by atomic mass is 10.2. The van der Waals surface area contributed by atoms with E-state index in [4.69, 9.17) is 10.5 Å². The summed E-state index contributed by atoms with van der Waals surface area (Å²) in [6.07, 6.45) is 6.38. The van der Waals surface area contributed by atoms with Crippen LogP contribution in [-0.4, -0.2) is 65.0 Å². The first-order valence-electron chi connectivity index (χ1n) is 8.60. The lowest BCUT2D eigenvalue weighted by Gasteiger charge is -2.26.